The van der Waals surface area contributed by atoms with Crippen LogP contribution >= 0.6 is 15.9 Å². The number of nitrogens with zero attached hydrogens (tertiary/aromatic N) is 2. The lowest BCUT2D eigenvalue weighted by molar-refractivity contribution is 0.102. The number of halogens is 1. The number of nitriles is 1. The maximum Gasteiger partial charge on any atom is 0.255 e. The molecule has 1 fully saturated rings. The van der Waals surface area contributed by atoms with Crippen molar-refractivity contribution < 1.29 is 13.2 Å². The zero-order valence-corrected chi connectivity index (χ0v) is 20.2. The summed E-state index contributed by atoms with van der Waals surface area (Å²) in [7, 11) is -3.51. The van der Waals surface area contributed by atoms with Crippen LogP contribution in [0.15, 0.2) is 76.1 Å². The fourth-order valence-electron chi connectivity index (χ4n) is 3.78. The number of nitrogens with one attached hydrogen (secondary N) is 1. The van der Waals surface area contributed by atoms with E-state index < -0.39 is 10.0 Å². The van der Waals surface area contributed by atoms with Crippen LogP contribution in [0.5, 0.6) is 0 Å². The minimum Gasteiger partial charge on any atom is -0.322 e. The molecule has 0 unspecified atom stereocenters. The second kappa shape index (κ2) is 9.87. The monoisotopic (exact) mass is 523 g/mol. The number of carbonyl (C=O) groups excluding carboxylic acids is 1. The molecule has 0 saturated carbocycles. The Bertz CT molecular complexity index is 1310. The molecule has 168 valence electrons. The lowest BCUT2D eigenvalue weighted by Crippen LogP contribution is -2.35. The molecule has 1 heterocycles. The fourth-order valence-corrected chi connectivity index (χ4v) is 5.77. The standard InChI is InChI=1S/C25H22BrN3O3S/c26-24-13-8-20(16-23(24)19-6-4-18(17-27)5-7-19)25(30)28-21-9-11-22(12-10-21)33(31,32)29-14-2-1-3-15-29/h4-13,16H,1-3,14-15H2,(H,28,30). The van der Waals surface area contributed by atoms with Gasteiger partial charge in [-0.2, -0.15) is 9.57 Å². The molecule has 0 atom stereocenters. The summed E-state index contributed by atoms with van der Waals surface area (Å²) < 4.78 is 28.0. The van der Waals surface area contributed by atoms with E-state index in [4.69, 9.17) is 5.26 Å². The summed E-state index contributed by atoms with van der Waals surface area (Å²) in [4.78, 5) is 13.1. The van der Waals surface area contributed by atoms with Crippen molar-refractivity contribution in [1.82, 2.24) is 4.31 Å². The second-order valence-electron chi connectivity index (χ2n) is 7.83. The van der Waals surface area contributed by atoms with Crippen LogP contribution in [0.1, 0.15) is 35.2 Å². The van der Waals surface area contributed by atoms with Gasteiger partial charge in [0.15, 0.2) is 0 Å². The van der Waals surface area contributed by atoms with E-state index in [0.29, 0.717) is 29.9 Å². The van der Waals surface area contributed by atoms with Crippen LogP contribution in [0, 0.1) is 11.3 Å². The fraction of sp³-hybridized carbons (Fsp3) is 0.200. The van der Waals surface area contributed by atoms with Crippen LogP contribution in [0.3, 0.4) is 0 Å². The average molecular weight is 524 g/mol. The van der Waals surface area contributed by atoms with Crippen LogP contribution in [-0.2, 0) is 10.0 Å². The number of piperidine rings is 1. The molecule has 1 aliphatic rings. The highest BCUT2D eigenvalue weighted by molar-refractivity contribution is 9.10. The van der Waals surface area contributed by atoms with E-state index in [9.17, 15) is 13.2 Å². The molecule has 0 radical (unpaired) electrons. The molecule has 0 spiro atoms. The Kier molecular flexibility index (Phi) is 6.94. The Hall–Kier alpha value is -2.99. The summed E-state index contributed by atoms with van der Waals surface area (Å²) in [6, 6.07) is 20.8. The van der Waals surface area contributed by atoms with Crippen molar-refractivity contribution >= 4 is 37.5 Å². The molecule has 0 aliphatic carbocycles. The SMILES string of the molecule is N#Cc1ccc(-c2cc(C(=O)Nc3ccc(S(=O)(=O)N4CCCCC4)cc3)ccc2Br)cc1. The van der Waals surface area contributed by atoms with Gasteiger partial charge in [-0.1, -0.05) is 34.5 Å². The topological polar surface area (TPSA) is 90.3 Å². The molecule has 1 saturated heterocycles. The van der Waals surface area contributed by atoms with Gasteiger partial charge in [-0.3, -0.25) is 4.79 Å². The Morgan fingerprint density at radius 1 is 0.939 bits per heavy atom. The second-order valence-corrected chi connectivity index (χ2v) is 10.6. The molecule has 1 amide bonds. The molecule has 1 aliphatic heterocycles. The third kappa shape index (κ3) is 5.17. The normalized spacial score (nSPS) is 14.4. The number of anilines is 1. The molecule has 0 bridgehead atoms. The largest absolute Gasteiger partial charge is 0.322 e. The van der Waals surface area contributed by atoms with Crippen molar-refractivity contribution in [3.63, 3.8) is 0 Å². The first-order valence-corrected chi connectivity index (χ1v) is 12.8. The predicted molar refractivity (Wildman–Crippen MR) is 131 cm³/mol. The van der Waals surface area contributed by atoms with E-state index in [1.54, 1.807) is 42.5 Å². The summed E-state index contributed by atoms with van der Waals surface area (Å²) in [5.74, 6) is -0.302. The van der Waals surface area contributed by atoms with E-state index in [1.807, 2.05) is 12.1 Å². The number of hydrogen-bond acceptors (Lipinski definition) is 4. The van der Waals surface area contributed by atoms with Crippen molar-refractivity contribution in [1.29, 1.82) is 5.26 Å². The van der Waals surface area contributed by atoms with Gasteiger partial charge in [0, 0.05) is 28.8 Å². The van der Waals surface area contributed by atoms with E-state index in [0.717, 1.165) is 34.9 Å². The average Bonchev–Trinajstić information content (AvgIpc) is 2.85. The van der Waals surface area contributed by atoms with Gasteiger partial charge in [0.1, 0.15) is 0 Å². The van der Waals surface area contributed by atoms with E-state index in [1.165, 1.54) is 16.4 Å². The maximum absolute atomic E-state index is 12.8. The van der Waals surface area contributed by atoms with Crippen LogP contribution in [-0.4, -0.2) is 31.7 Å². The third-order valence-electron chi connectivity index (χ3n) is 5.62. The van der Waals surface area contributed by atoms with Crippen LogP contribution in [0.25, 0.3) is 11.1 Å². The van der Waals surface area contributed by atoms with Gasteiger partial charge in [-0.25, -0.2) is 8.42 Å². The predicted octanol–water partition coefficient (Wildman–Crippen LogP) is 5.41. The highest BCUT2D eigenvalue weighted by Gasteiger charge is 2.25. The number of sulfonamides is 1. The minimum atomic E-state index is -3.51. The molecule has 4 rings (SSSR count). The van der Waals surface area contributed by atoms with Crippen LogP contribution < -0.4 is 5.32 Å². The van der Waals surface area contributed by atoms with Crippen LogP contribution in [0.4, 0.5) is 5.69 Å². The molecule has 6 nitrogen and oxygen atoms in total. The van der Waals surface area contributed by atoms with Crippen molar-refractivity contribution in [2.24, 2.45) is 0 Å². The molecular weight excluding hydrogens is 502 g/mol. The van der Waals surface area contributed by atoms with Crippen molar-refractivity contribution in [3.05, 3.63) is 82.3 Å². The number of amides is 1. The zero-order chi connectivity index (χ0) is 23.4. The lowest BCUT2D eigenvalue weighted by atomic mass is 10.0. The minimum absolute atomic E-state index is 0.231. The van der Waals surface area contributed by atoms with Gasteiger partial charge in [-0.15, -0.1) is 0 Å². The molecule has 8 heteroatoms. The number of rotatable bonds is 5. The first kappa shape index (κ1) is 23.2. The first-order valence-electron chi connectivity index (χ1n) is 10.6. The first-order chi connectivity index (χ1) is 15.9. The van der Waals surface area contributed by atoms with Gasteiger partial charge in [0.05, 0.1) is 16.5 Å². The van der Waals surface area contributed by atoms with E-state index >= 15 is 0 Å². The quantitative estimate of drug-likeness (QED) is 0.483. The van der Waals surface area contributed by atoms with Crippen LogP contribution in [0.2, 0.25) is 0 Å². The Morgan fingerprint density at radius 2 is 1.61 bits per heavy atom. The Labute approximate surface area is 202 Å². The van der Waals surface area contributed by atoms with Gasteiger partial charge in [-0.05, 0) is 78.6 Å². The number of carbonyl (C=O) groups is 1. The molecule has 3 aromatic rings. The number of benzene rings is 3. The smallest absolute Gasteiger partial charge is 0.255 e. The van der Waals surface area contributed by atoms with Gasteiger partial charge in [0.25, 0.3) is 5.91 Å². The Morgan fingerprint density at radius 3 is 2.24 bits per heavy atom. The van der Waals surface area contributed by atoms with Gasteiger partial charge >= 0.3 is 0 Å². The summed E-state index contributed by atoms with van der Waals surface area (Å²) in [6.07, 6.45) is 2.82. The molecule has 33 heavy (non-hydrogen) atoms. The van der Waals surface area contributed by atoms with E-state index in [2.05, 4.69) is 27.3 Å². The van der Waals surface area contributed by atoms with Crippen molar-refractivity contribution in [2.45, 2.75) is 24.2 Å². The van der Waals surface area contributed by atoms with E-state index in [-0.39, 0.29) is 10.8 Å². The highest BCUT2D eigenvalue weighted by atomic mass is 79.9. The molecule has 3 aromatic carbocycles. The van der Waals surface area contributed by atoms with Crippen molar-refractivity contribution in [2.75, 3.05) is 18.4 Å². The molecule has 0 aromatic heterocycles. The maximum atomic E-state index is 12.8. The molecular formula is C25H22BrN3O3S. The van der Waals surface area contributed by atoms with Gasteiger partial charge in [0.2, 0.25) is 10.0 Å². The third-order valence-corrected chi connectivity index (χ3v) is 8.22. The zero-order valence-electron chi connectivity index (χ0n) is 17.8. The highest BCUT2D eigenvalue weighted by Crippen LogP contribution is 2.30. The number of hydrogen-bond donors (Lipinski definition) is 1. The summed E-state index contributed by atoms with van der Waals surface area (Å²) in [5, 5.41) is 11.8. The lowest BCUT2D eigenvalue weighted by Gasteiger charge is -2.25. The van der Waals surface area contributed by atoms with Gasteiger partial charge < -0.3 is 5.32 Å². The summed E-state index contributed by atoms with van der Waals surface area (Å²) >= 11 is 3.52. The molecule has 1 N–H and O–H groups in total. The summed E-state index contributed by atoms with van der Waals surface area (Å²) in [6.45, 7) is 1.10. The van der Waals surface area contributed by atoms with Crippen molar-refractivity contribution in [3.8, 4) is 17.2 Å². The summed E-state index contributed by atoms with van der Waals surface area (Å²) in [5.41, 5.74) is 3.25. The Balaban J connectivity index is 1.51.